The summed E-state index contributed by atoms with van der Waals surface area (Å²) >= 11 is 1.63. The Hall–Kier alpha value is -2.47. The maximum Gasteiger partial charge on any atom is 0.352 e. The molecule has 0 spiro atoms. The van der Waals surface area contributed by atoms with Gasteiger partial charge in [-0.25, -0.2) is 4.79 Å². The molecule has 0 N–H and O–H groups in total. The van der Waals surface area contributed by atoms with E-state index < -0.39 is 18.0 Å². The summed E-state index contributed by atoms with van der Waals surface area (Å²) in [5, 5.41) is 0. The van der Waals surface area contributed by atoms with Crippen molar-refractivity contribution in [3.8, 4) is 0 Å². The lowest BCUT2D eigenvalue weighted by Gasteiger charge is -2.30. The molecule has 3 rings (SSSR count). The normalized spacial score (nSPS) is 13.5. The number of hydrogen-bond acceptors (Lipinski definition) is 6. The van der Waals surface area contributed by atoms with Crippen molar-refractivity contribution in [2.75, 3.05) is 18.6 Å². The average molecular weight is 357 g/mol. The molecular weight excluding hydrogens is 338 g/mol. The maximum absolute atomic E-state index is 12.2. The fourth-order valence-corrected chi connectivity index (χ4v) is 3.96. The Balaban J connectivity index is 1.97. The van der Waals surface area contributed by atoms with Gasteiger partial charge in [-0.3, -0.25) is 4.79 Å². The Morgan fingerprint density at radius 2 is 1.84 bits per heavy atom. The average Bonchev–Trinajstić information content (AvgIpc) is 2.59. The molecule has 1 aliphatic heterocycles. The lowest BCUT2D eigenvalue weighted by atomic mass is 10.1. The number of rotatable bonds is 4. The third kappa shape index (κ3) is 3.49. The molecule has 0 radical (unpaired) electrons. The molecular formula is C19H19NO4S. The largest absolute Gasteiger partial charge is 0.463 e. The molecule has 1 atom stereocenters. The first-order valence-corrected chi connectivity index (χ1v) is 8.81. The molecule has 2 aromatic carbocycles. The summed E-state index contributed by atoms with van der Waals surface area (Å²) < 4.78 is 10.2. The van der Waals surface area contributed by atoms with Crippen LogP contribution in [0.4, 0.5) is 11.4 Å². The Morgan fingerprint density at radius 1 is 1.12 bits per heavy atom. The monoisotopic (exact) mass is 357 g/mol. The third-order valence-corrected chi connectivity index (χ3v) is 4.99. The highest BCUT2D eigenvalue weighted by Gasteiger charge is 2.28. The molecule has 0 unspecified atom stereocenters. The van der Waals surface area contributed by atoms with Crippen LogP contribution in [0.15, 0.2) is 52.3 Å². The van der Waals surface area contributed by atoms with E-state index in [0.29, 0.717) is 5.56 Å². The van der Waals surface area contributed by atoms with Crippen molar-refractivity contribution >= 4 is 35.1 Å². The van der Waals surface area contributed by atoms with Crippen LogP contribution in [0.5, 0.6) is 0 Å². The Labute approximate surface area is 150 Å². The van der Waals surface area contributed by atoms with Crippen LogP contribution < -0.4 is 4.90 Å². The van der Waals surface area contributed by atoms with Gasteiger partial charge in [-0.05, 0) is 31.2 Å². The summed E-state index contributed by atoms with van der Waals surface area (Å²) in [6, 6.07) is 13.7. The quantitative estimate of drug-likeness (QED) is 0.769. The van der Waals surface area contributed by atoms with Gasteiger partial charge in [-0.15, -0.1) is 0 Å². The molecule has 1 aliphatic rings. The highest BCUT2D eigenvalue weighted by atomic mass is 32.2. The predicted molar refractivity (Wildman–Crippen MR) is 96.2 cm³/mol. The van der Waals surface area contributed by atoms with Crippen LogP contribution in [-0.4, -0.2) is 25.6 Å². The number of carbonyl (C=O) groups excluding carboxylic acids is 2. The number of ether oxygens (including phenoxy) is 2. The fourth-order valence-electron chi connectivity index (χ4n) is 2.76. The van der Waals surface area contributed by atoms with E-state index in [1.165, 1.54) is 6.92 Å². The van der Waals surface area contributed by atoms with Crippen LogP contribution >= 0.6 is 11.8 Å². The van der Waals surface area contributed by atoms with E-state index in [-0.39, 0.29) is 6.61 Å². The molecule has 0 aliphatic carbocycles. The molecule has 1 heterocycles. The van der Waals surface area contributed by atoms with Crippen molar-refractivity contribution in [3.63, 3.8) is 0 Å². The van der Waals surface area contributed by atoms with E-state index in [4.69, 9.17) is 9.47 Å². The van der Waals surface area contributed by atoms with Crippen LogP contribution in [-0.2, 0) is 19.1 Å². The zero-order chi connectivity index (χ0) is 18.0. The fraction of sp³-hybridized carbons (Fsp3) is 0.263. The van der Waals surface area contributed by atoms with Gasteiger partial charge in [0, 0.05) is 29.3 Å². The van der Waals surface area contributed by atoms with Gasteiger partial charge < -0.3 is 14.4 Å². The highest BCUT2D eigenvalue weighted by molar-refractivity contribution is 7.99. The molecule has 0 amide bonds. The third-order valence-electron chi connectivity index (χ3n) is 3.88. The predicted octanol–water partition coefficient (Wildman–Crippen LogP) is 4.09. The van der Waals surface area contributed by atoms with Crippen LogP contribution in [0, 0.1) is 0 Å². The van der Waals surface area contributed by atoms with E-state index in [1.54, 1.807) is 24.8 Å². The molecule has 6 heteroatoms. The topological polar surface area (TPSA) is 55.8 Å². The molecule has 0 bridgehead atoms. The van der Waals surface area contributed by atoms with Gasteiger partial charge in [0.15, 0.2) is 0 Å². The molecule has 2 aromatic rings. The SMILES string of the molecule is CCOC(=O)[C@H](OC(C)=O)c1ccc2c(c1)Sc1ccccc1N2C. The molecule has 5 nitrogen and oxygen atoms in total. The minimum Gasteiger partial charge on any atom is -0.463 e. The second-order valence-corrected chi connectivity index (χ2v) is 6.68. The number of benzene rings is 2. The van der Waals surface area contributed by atoms with Gasteiger partial charge in [-0.1, -0.05) is 30.0 Å². The summed E-state index contributed by atoms with van der Waals surface area (Å²) in [5.74, 6) is -1.09. The first kappa shape index (κ1) is 17.4. The maximum atomic E-state index is 12.2. The summed E-state index contributed by atoms with van der Waals surface area (Å²) in [7, 11) is 2.01. The number of esters is 2. The zero-order valence-corrected chi connectivity index (χ0v) is 15.1. The molecule has 0 fully saturated rings. The van der Waals surface area contributed by atoms with Crippen molar-refractivity contribution in [1.82, 2.24) is 0 Å². The molecule has 25 heavy (non-hydrogen) atoms. The van der Waals surface area contributed by atoms with Crippen molar-refractivity contribution < 1.29 is 19.1 Å². The lowest BCUT2D eigenvalue weighted by molar-refractivity contribution is -0.167. The number of para-hydroxylation sites is 1. The smallest absolute Gasteiger partial charge is 0.352 e. The number of carbonyl (C=O) groups is 2. The Morgan fingerprint density at radius 3 is 2.56 bits per heavy atom. The van der Waals surface area contributed by atoms with Gasteiger partial charge in [0.2, 0.25) is 6.10 Å². The molecule has 0 saturated carbocycles. The Kier molecular flexibility index (Phi) is 4.99. The van der Waals surface area contributed by atoms with Crippen molar-refractivity contribution in [2.45, 2.75) is 29.7 Å². The summed E-state index contributed by atoms with van der Waals surface area (Å²) in [6.45, 7) is 3.23. The number of hydrogen-bond donors (Lipinski definition) is 0. The summed E-state index contributed by atoms with van der Waals surface area (Å²) in [6.07, 6.45) is -1.05. The van der Waals surface area contributed by atoms with Gasteiger partial charge in [0.05, 0.1) is 18.0 Å². The second kappa shape index (κ2) is 7.19. The minimum atomic E-state index is -1.05. The van der Waals surface area contributed by atoms with Gasteiger partial charge in [0.1, 0.15) is 0 Å². The van der Waals surface area contributed by atoms with Crippen LogP contribution in [0.2, 0.25) is 0 Å². The van der Waals surface area contributed by atoms with Crippen LogP contribution in [0.3, 0.4) is 0 Å². The summed E-state index contributed by atoms with van der Waals surface area (Å²) in [4.78, 5) is 27.8. The summed E-state index contributed by atoms with van der Waals surface area (Å²) in [5.41, 5.74) is 2.78. The van der Waals surface area contributed by atoms with Crippen LogP contribution in [0.25, 0.3) is 0 Å². The van der Waals surface area contributed by atoms with Gasteiger partial charge in [0.25, 0.3) is 0 Å². The molecule has 130 valence electrons. The van der Waals surface area contributed by atoms with Crippen LogP contribution in [0.1, 0.15) is 25.5 Å². The number of anilines is 2. The van der Waals surface area contributed by atoms with Gasteiger partial charge in [-0.2, -0.15) is 0 Å². The van der Waals surface area contributed by atoms with E-state index in [2.05, 4.69) is 17.0 Å². The van der Waals surface area contributed by atoms with Crippen molar-refractivity contribution in [1.29, 1.82) is 0 Å². The molecule has 0 aromatic heterocycles. The lowest BCUT2D eigenvalue weighted by Crippen LogP contribution is -2.21. The highest BCUT2D eigenvalue weighted by Crippen LogP contribution is 2.48. The minimum absolute atomic E-state index is 0.229. The number of fused-ring (bicyclic) bond motifs is 2. The van der Waals surface area contributed by atoms with E-state index >= 15 is 0 Å². The van der Waals surface area contributed by atoms with E-state index in [1.807, 2.05) is 31.3 Å². The first-order chi connectivity index (χ1) is 12.0. The van der Waals surface area contributed by atoms with Crippen molar-refractivity contribution in [3.05, 3.63) is 48.0 Å². The number of nitrogens with zero attached hydrogens (tertiary/aromatic N) is 1. The standard InChI is InChI=1S/C19H19NO4S/c1-4-23-19(22)18(24-12(2)21)13-9-10-15-17(11-13)25-16-8-6-5-7-14(16)20(15)3/h5-11,18H,4H2,1-3H3/t18-/m1/s1. The van der Waals surface area contributed by atoms with E-state index in [0.717, 1.165) is 21.2 Å². The van der Waals surface area contributed by atoms with Gasteiger partial charge >= 0.3 is 11.9 Å². The first-order valence-electron chi connectivity index (χ1n) is 7.99. The Bertz CT molecular complexity index is 821. The zero-order valence-electron chi connectivity index (χ0n) is 14.3. The molecule has 0 saturated heterocycles. The van der Waals surface area contributed by atoms with E-state index in [9.17, 15) is 9.59 Å². The van der Waals surface area contributed by atoms with Crippen molar-refractivity contribution in [2.24, 2.45) is 0 Å². The second-order valence-electron chi connectivity index (χ2n) is 5.60.